The number of piperidine rings is 1. The van der Waals surface area contributed by atoms with Gasteiger partial charge in [-0.2, -0.15) is 0 Å². The first kappa shape index (κ1) is 22.5. The van der Waals surface area contributed by atoms with E-state index in [1.54, 1.807) is 0 Å². The predicted molar refractivity (Wildman–Crippen MR) is 114 cm³/mol. The minimum atomic E-state index is -0.0590. The minimum Gasteiger partial charge on any atom is -0.353 e. The molecule has 0 aliphatic carbocycles. The Labute approximate surface area is 172 Å². The standard InChI is InChI=1S/C22H32N2O3S/c1-16(2)10-13-24-14-11-18(12-15-24)23-22(27)9-6-19(25)5-7-20(26)21-8-4-17(3)28-21/h4,8,10,18H,5-7,9,11-15H2,1-3H3,(H,23,27). The number of rotatable bonds is 10. The number of carbonyl (C=O) groups is 3. The van der Waals surface area contributed by atoms with E-state index in [-0.39, 0.29) is 49.2 Å². The van der Waals surface area contributed by atoms with Gasteiger partial charge >= 0.3 is 0 Å². The summed E-state index contributed by atoms with van der Waals surface area (Å²) in [5, 5.41) is 3.05. The number of amides is 1. The maximum absolute atomic E-state index is 12.1. The second-order valence-electron chi connectivity index (χ2n) is 7.80. The van der Waals surface area contributed by atoms with E-state index in [4.69, 9.17) is 0 Å². The van der Waals surface area contributed by atoms with Gasteiger partial charge in [-0.15, -0.1) is 11.3 Å². The number of carbonyl (C=O) groups excluding carboxylic acids is 3. The van der Waals surface area contributed by atoms with Crippen LogP contribution in [0.2, 0.25) is 0 Å². The molecule has 2 rings (SSSR count). The van der Waals surface area contributed by atoms with E-state index in [2.05, 4.69) is 30.1 Å². The molecular formula is C22H32N2O3S. The van der Waals surface area contributed by atoms with Gasteiger partial charge in [0.05, 0.1) is 4.88 Å². The SMILES string of the molecule is CC(C)=CCN1CCC(NC(=O)CCC(=O)CCC(=O)c2ccc(C)s2)CC1. The van der Waals surface area contributed by atoms with Crippen LogP contribution in [0, 0.1) is 6.92 Å². The number of aryl methyl sites for hydroxylation is 1. The normalized spacial score (nSPS) is 15.2. The van der Waals surface area contributed by atoms with Crippen molar-refractivity contribution in [1.29, 1.82) is 0 Å². The Morgan fingerprint density at radius 1 is 1.11 bits per heavy atom. The Morgan fingerprint density at radius 3 is 2.39 bits per heavy atom. The van der Waals surface area contributed by atoms with E-state index in [9.17, 15) is 14.4 Å². The molecule has 154 valence electrons. The van der Waals surface area contributed by atoms with Crippen molar-refractivity contribution in [3.05, 3.63) is 33.5 Å². The number of hydrogen-bond acceptors (Lipinski definition) is 5. The second-order valence-corrected chi connectivity index (χ2v) is 9.08. The summed E-state index contributed by atoms with van der Waals surface area (Å²) in [5.74, 6) is -0.0691. The van der Waals surface area contributed by atoms with E-state index in [0.29, 0.717) is 4.88 Å². The zero-order valence-corrected chi connectivity index (χ0v) is 18.1. The molecule has 0 aromatic carbocycles. The first-order chi connectivity index (χ1) is 13.3. The molecule has 1 saturated heterocycles. The quantitative estimate of drug-likeness (QED) is 0.474. The second kappa shape index (κ2) is 11.3. The average molecular weight is 405 g/mol. The summed E-state index contributed by atoms with van der Waals surface area (Å²) in [4.78, 5) is 40.4. The molecule has 0 saturated carbocycles. The van der Waals surface area contributed by atoms with Crippen molar-refractivity contribution in [3.63, 3.8) is 0 Å². The van der Waals surface area contributed by atoms with Crippen molar-refractivity contribution in [1.82, 2.24) is 10.2 Å². The number of nitrogens with one attached hydrogen (secondary N) is 1. The lowest BCUT2D eigenvalue weighted by Gasteiger charge is -2.31. The van der Waals surface area contributed by atoms with Gasteiger partial charge in [-0.1, -0.05) is 11.6 Å². The molecule has 1 aliphatic rings. The fourth-order valence-corrected chi connectivity index (χ4v) is 4.04. The van der Waals surface area contributed by atoms with Crippen LogP contribution in [-0.2, 0) is 9.59 Å². The van der Waals surface area contributed by atoms with Gasteiger partial charge in [0.2, 0.25) is 5.91 Å². The zero-order chi connectivity index (χ0) is 20.5. The van der Waals surface area contributed by atoms with Crippen molar-refractivity contribution >= 4 is 28.8 Å². The summed E-state index contributed by atoms with van der Waals surface area (Å²) in [6, 6.07) is 3.93. The first-order valence-corrected chi connectivity index (χ1v) is 10.9. The van der Waals surface area contributed by atoms with Gasteiger partial charge in [-0.25, -0.2) is 0 Å². The van der Waals surface area contributed by atoms with Gasteiger partial charge in [-0.05, 0) is 45.7 Å². The number of nitrogens with zero attached hydrogens (tertiary/aromatic N) is 1. The number of hydrogen-bond donors (Lipinski definition) is 1. The smallest absolute Gasteiger partial charge is 0.220 e. The zero-order valence-electron chi connectivity index (χ0n) is 17.3. The fourth-order valence-electron chi connectivity index (χ4n) is 3.21. The van der Waals surface area contributed by atoms with Gasteiger partial charge in [0.15, 0.2) is 5.78 Å². The molecule has 1 N–H and O–H groups in total. The first-order valence-electron chi connectivity index (χ1n) is 10.1. The molecule has 5 nitrogen and oxygen atoms in total. The maximum Gasteiger partial charge on any atom is 0.220 e. The lowest BCUT2D eigenvalue weighted by atomic mass is 10.0. The summed E-state index contributed by atoms with van der Waals surface area (Å²) < 4.78 is 0. The summed E-state index contributed by atoms with van der Waals surface area (Å²) in [7, 11) is 0. The van der Waals surface area contributed by atoms with Crippen LogP contribution in [0.5, 0.6) is 0 Å². The minimum absolute atomic E-state index is 0.00998. The van der Waals surface area contributed by atoms with Gasteiger partial charge in [0, 0.05) is 56.2 Å². The van der Waals surface area contributed by atoms with Crippen molar-refractivity contribution in [2.45, 2.75) is 65.3 Å². The Kier molecular flexibility index (Phi) is 9.06. The number of thiophene rings is 1. The predicted octanol–water partition coefficient (Wildman–Crippen LogP) is 3.92. The van der Waals surface area contributed by atoms with Crippen molar-refractivity contribution in [2.75, 3.05) is 19.6 Å². The largest absolute Gasteiger partial charge is 0.353 e. The summed E-state index contributed by atoms with van der Waals surface area (Å²) in [6.45, 7) is 9.11. The molecule has 1 aromatic rings. The van der Waals surface area contributed by atoms with Gasteiger partial charge < -0.3 is 5.32 Å². The highest BCUT2D eigenvalue weighted by molar-refractivity contribution is 7.14. The van der Waals surface area contributed by atoms with Crippen molar-refractivity contribution < 1.29 is 14.4 Å². The molecule has 0 atom stereocenters. The van der Waals surface area contributed by atoms with E-state index in [1.807, 2.05) is 19.1 Å². The lowest BCUT2D eigenvalue weighted by Crippen LogP contribution is -2.44. The van der Waals surface area contributed by atoms with Gasteiger partial charge in [-0.3, -0.25) is 19.3 Å². The van der Waals surface area contributed by atoms with E-state index in [1.165, 1.54) is 16.9 Å². The Balaban J connectivity index is 1.60. The highest BCUT2D eigenvalue weighted by Gasteiger charge is 2.20. The monoisotopic (exact) mass is 404 g/mol. The highest BCUT2D eigenvalue weighted by Crippen LogP contribution is 2.18. The molecule has 1 aliphatic heterocycles. The average Bonchev–Trinajstić information content (AvgIpc) is 3.10. The van der Waals surface area contributed by atoms with Crippen LogP contribution in [0.25, 0.3) is 0 Å². The molecular weight excluding hydrogens is 372 g/mol. The van der Waals surface area contributed by atoms with Crippen LogP contribution in [0.4, 0.5) is 0 Å². The Bertz CT molecular complexity index is 711. The number of Topliss-reactive ketones (excluding diaryl/α,β-unsaturated/α-hetero) is 2. The van der Waals surface area contributed by atoms with Crippen LogP contribution < -0.4 is 5.32 Å². The van der Waals surface area contributed by atoms with Crippen LogP contribution in [0.3, 0.4) is 0 Å². The van der Waals surface area contributed by atoms with Gasteiger partial charge in [0.1, 0.15) is 5.78 Å². The van der Waals surface area contributed by atoms with Crippen LogP contribution >= 0.6 is 11.3 Å². The van der Waals surface area contributed by atoms with Crippen LogP contribution in [-0.4, -0.2) is 48.0 Å². The molecule has 0 bridgehead atoms. The third-order valence-corrected chi connectivity index (χ3v) is 6.03. The molecule has 6 heteroatoms. The highest BCUT2D eigenvalue weighted by atomic mass is 32.1. The fraction of sp³-hybridized carbons (Fsp3) is 0.591. The Morgan fingerprint density at radius 2 is 1.79 bits per heavy atom. The number of ketones is 2. The van der Waals surface area contributed by atoms with Crippen molar-refractivity contribution in [3.8, 4) is 0 Å². The molecule has 28 heavy (non-hydrogen) atoms. The van der Waals surface area contributed by atoms with Crippen LogP contribution in [0.15, 0.2) is 23.8 Å². The molecule has 2 heterocycles. The molecule has 0 radical (unpaired) electrons. The molecule has 0 unspecified atom stereocenters. The lowest BCUT2D eigenvalue weighted by molar-refractivity contribution is -0.126. The summed E-state index contributed by atoms with van der Waals surface area (Å²) >= 11 is 1.46. The van der Waals surface area contributed by atoms with E-state index >= 15 is 0 Å². The third kappa shape index (κ3) is 8.07. The molecule has 1 amide bonds. The molecule has 1 aromatic heterocycles. The topological polar surface area (TPSA) is 66.5 Å². The third-order valence-electron chi connectivity index (χ3n) is 4.99. The van der Waals surface area contributed by atoms with Crippen molar-refractivity contribution in [2.24, 2.45) is 0 Å². The number of likely N-dealkylation sites (tertiary alicyclic amines) is 1. The number of allylic oxidation sites excluding steroid dienone is 1. The molecule has 0 spiro atoms. The maximum atomic E-state index is 12.1. The summed E-state index contributed by atoms with van der Waals surface area (Å²) in [6.07, 6.45) is 4.99. The Hall–Kier alpha value is -1.79. The summed E-state index contributed by atoms with van der Waals surface area (Å²) in [5.41, 5.74) is 1.33. The van der Waals surface area contributed by atoms with Gasteiger partial charge in [0.25, 0.3) is 0 Å². The van der Waals surface area contributed by atoms with Crippen LogP contribution in [0.1, 0.15) is 66.9 Å². The van der Waals surface area contributed by atoms with E-state index < -0.39 is 0 Å². The van der Waals surface area contributed by atoms with E-state index in [0.717, 1.165) is 37.4 Å². The molecule has 1 fully saturated rings.